The average molecular weight is 776 g/mol. The number of aliphatic hydroxyl groups excluding tert-OH is 2. The second-order valence-corrected chi connectivity index (χ2v) is 14.9. The molecule has 2 fully saturated rings. The third-order valence-corrected chi connectivity index (χ3v) is 9.18. The molecule has 0 spiro atoms. The van der Waals surface area contributed by atoms with Gasteiger partial charge in [0.05, 0.1) is 18.1 Å². The molecule has 46 heavy (non-hydrogen) atoms. The number of aliphatic hydroxyl groups is 2. The van der Waals surface area contributed by atoms with Gasteiger partial charge in [0.2, 0.25) is 23.6 Å². The number of hydrogen-bond acceptors (Lipinski definition) is 8. The summed E-state index contributed by atoms with van der Waals surface area (Å²) in [5.74, 6) is -3.39. The van der Waals surface area contributed by atoms with Crippen molar-refractivity contribution in [2.24, 2.45) is 11.7 Å². The molecule has 13 nitrogen and oxygen atoms in total. The Morgan fingerprint density at radius 1 is 1.04 bits per heavy atom. The fourth-order valence-corrected chi connectivity index (χ4v) is 7.48. The van der Waals surface area contributed by atoms with Gasteiger partial charge in [-0.3, -0.25) is 19.2 Å². The normalized spacial score (nSPS) is 22.5. The molecule has 3 rings (SSSR count). The van der Waals surface area contributed by atoms with Crippen LogP contribution < -0.4 is 16.4 Å². The Kier molecular flexibility index (Phi) is 12.7. The van der Waals surface area contributed by atoms with E-state index < -0.39 is 71.1 Å². The van der Waals surface area contributed by atoms with Gasteiger partial charge in [-0.2, -0.15) is 0 Å². The highest BCUT2D eigenvalue weighted by molar-refractivity contribution is 9.11. The van der Waals surface area contributed by atoms with E-state index in [1.165, 1.54) is 23.6 Å². The van der Waals surface area contributed by atoms with E-state index in [-0.39, 0.29) is 26.1 Å². The van der Waals surface area contributed by atoms with E-state index in [1.807, 2.05) is 18.2 Å². The summed E-state index contributed by atoms with van der Waals surface area (Å²) in [6.45, 7) is 8.02. The predicted octanol–water partition coefficient (Wildman–Crippen LogP) is 1.98. The number of amides is 5. The van der Waals surface area contributed by atoms with Crippen molar-refractivity contribution < 1.29 is 38.9 Å². The number of benzene rings is 1. The minimum absolute atomic E-state index is 0.135. The van der Waals surface area contributed by atoms with Gasteiger partial charge in [0.25, 0.3) is 0 Å². The Hall–Kier alpha value is -2.75. The number of carbonyl (C=O) groups excluding carboxylic acids is 5. The average Bonchev–Trinajstić information content (AvgIpc) is 3.57. The van der Waals surface area contributed by atoms with E-state index in [1.54, 1.807) is 20.8 Å². The number of hydrogen-bond donors (Lipinski definition) is 5. The number of ether oxygens (including phenoxy) is 1. The molecular weight excluding hydrogens is 730 g/mol. The van der Waals surface area contributed by atoms with Crippen LogP contribution in [-0.2, 0) is 30.3 Å². The van der Waals surface area contributed by atoms with Gasteiger partial charge in [-0.1, -0.05) is 31.9 Å². The number of primary amides is 1. The van der Waals surface area contributed by atoms with Crippen LogP contribution in [0.25, 0.3) is 0 Å². The molecule has 0 bridgehead atoms. The van der Waals surface area contributed by atoms with Crippen molar-refractivity contribution in [2.75, 3.05) is 19.6 Å². The Morgan fingerprint density at radius 3 is 2.22 bits per heavy atom. The Morgan fingerprint density at radius 2 is 1.67 bits per heavy atom. The van der Waals surface area contributed by atoms with Gasteiger partial charge in [-0.25, -0.2) is 4.79 Å². The summed E-state index contributed by atoms with van der Waals surface area (Å²) in [4.78, 5) is 69.6. The molecule has 256 valence electrons. The summed E-state index contributed by atoms with van der Waals surface area (Å²) >= 11 is 6.97. The van der Waals surface area contributed by atoms with Crippen LogP contribution in [0.1, 0.15) is 65.9 Å². The van der Waals surface area contributed by atoms with E-state index in [4.69, 9.17) is 10.5 Å². The summed E-state index contributed by atoms with van der Waals surface area (Å²) in [6, 6.07) is 3.25. The van der Waals surface area contributed by atoms with Gasteiger partial charge in [-0.15, -0.1) is 0 Å². The highest BCUT2D eigenvalue weighted by Gasteiger charge is 2.53. The largest absolute Gasteiger partial charge is 0.444 e. The van der Waals surface area contributed by atoms with E-state index >= 15 is 0 Å². The standard InChI is InChI=1S/C31H45Br2N5O8/c1-17(39)22(25(34)41)16-35-28(44)31(15-19-12-20(32)14-21(33)13-19)9-7-11-38(31)26(42)23-8-6-10-37(23)27(43)24(18(2)40)36-29(45)46-30(3,4)5/h12-14,17-18,22-24,39-40H,6-11,15-16H2,1-5H3,(H2,34,41)(H,35,44)(H,36,45). The van der Waals surface area contributed by atoms with Crippen LogP contribution in [0.5, 0.6) is 0 Å². The molecular formula is C31H45Br2N5O8. The molecule has 6 N–H and O–H groups in total. The zero-order chi connectivity index (χ0) is 34.6. The summed E-state index contributed by atoms with van der Waals surface area (Å²) in [5, 5.41) is 25.7. The fourth-order valence-electron chi connectivity index (χ4n) is 6.10. The summed E-state index contributed by atoms with van der Waals surface area (Å²) in [6.07, 6.45) is -1.50. The molecule has 2 saturated heterocycles. The minimum Gasteiger partial charge on any atom is -0.444 e. The third-order valence-electron chi connectivity index (χ3n) is 8.27. The first-order valence-electron chi connectivity index (χ1n) is 15.4. The Labute approximate surface area is 286 Å². The molecule has 0 radical (unpaired) electrons. The van der Waals surface area contributed by atoms with E-state index in [9.17, 15) is 34.2 Å². The van der Waals surface area contributed by atoms with Gasteiger partial charge in [0, 0.05) is 35.0 Å². The molecule has 0 aliphatic carbocycles. The second-order valence-electron chi connectivity index (χ2n) is 13.1. The lowest BCUT2D eigenvalue weighted by atomic mass is 9.86. The summed E-state index contributed by atoms with van der Waals surface area (Å²) < 4.78 is 6.81. The van der Waals surface area contributed by atoms with Crippen molar-refractivity contribution in [1.29, 1.82) is 0 Å². The fraction of sp³-hybridized carbons (Fsp3) is 0.645. The lowest BCUT2D eigenvalue weighted by Gasteiger charge is -2.40. The number of nitrogens with two attached hydrogens (primary N) is 1. The number of alkyl carbamates (subject to hydrolysis) is 1. The van der Waals surface area contributed by atoms with Crippen LogP contribution in [0, 0.1) is 5.92 Å². The van der Waals surface area contributed by atoms with Crippen LogP contribution in [0.4, 0.5) is 4.79 Å². The van der Waals surface area contributed by atoms with Crippen molar-refractivity contribution >= 4 is 61.6 Å². The van der Waals surface area contributed by atoms with Crippen molar-refractivity contribution in [3.63, 3.8) is 0 Å². The number of rotatable bonds is 11. The number of likely N-dealkylation sites (tertiary alicyclic amines) is 2. The Bertz CT molecular complexity index is 1300. The lowest BCUT2D eigenvalue weighted by molar-refractivity contribution is -0.152. The minimum atomic E-state index is -1.38. The maximum absolute atomic E-state index is 14.4. The zero-order valence-corrected chi connectivity index (χ0v) is 30.0. The van der Waals surface area contributed by atoms with Crippen LogP contribution in [0.15, 0.2) is 27.1 Å². The predicted molar refractivity (Wildman–Crippen MR) is 176 cm³/mol. The third kappa shape index (κ3) is 9.20. The molecule has 0 aromatic heterocycles. The lowest BCUT2D eigenvalue weighted by Crippen LogP contribution is -2.63. The highest BCUT2D eigenvalue weighted by atomic mass is 79.9. The summed E-state index contributed by atoms with van der Waals surface area (Å²) in [7, 11) is 0. The molecule has 1 aromatic carbocycles. The quantitative estimate of drug-likeness (QED) is 0.226. The van der Waals surface area contributed by atoms with E-state index in [0.717, 1.165) is 14.5 Å². The SMILES string of the molecule is CC(O)C(CNC(=O)C1(Cc2cc(Br)cc(Br)c2)CCCN1C(=O)C1CCCN1C(=O)C(NC(=O)OC(C)(C)C)C(C)O)C(N)=O. The van der Waals surface area contributed by atoms with Gasteiger partial charge < -0.3 is 41.1 Å². The van der Waals surface area contributed by atoms with E-state index in [0.29, 0.717) is 25.7 Å². The van der Waals surface area contributed by atoms with Crippen molar-refractivity contribution in [3.05, 3.63) is 32.7 Å². The topological polar surface area (TPSA) is 192 Å². The molecule has 15 heteroatoms. The molecule has 0 saturated carbocycles. The van der Waals surface area contributed by atoms with Gasteiger partial charge in [0.1, 0.15) is 23.2 Å². The number of carbonyl (C=O) groups is 5. The summed E-state index contributed by atoms with van der Waals surface area (Å²) in [5.41, 5.74) is 4.00. The zero-order valence-electron chi connectivity index (χ0n) is 26.8. The maximum Gasteiger partial charge on any atom is 0.408 e. The van der Waals surface area contributed by atoms with Gasteiger partial charge in [0.15, 0.2) is 0 Å². The molecule has 2 aliphatic rings. The smallest absolute Gasteiger partial charge is 0.408 e. The highest BCUT2D eigenvalue weighted by Crippen LogP contribution is 2.37. The molecule has 6 atom stereocenters. The monoisotopic (exact) mass is 773 g/mol. The first-order valence-corrected chi connectivity index (χ1v) is 16.9. The second kappa shape index (κ2) is 15.4. The van der Waals surface area contributed by atoms with Crippen LogP contribution in [0.3, 0.4) is 0 Å². The molecule has 6 unspecified atom stereocenters. The van der Waals surface area contributed by atoms with Crippen molar-refractivity contribution in [1.82, 2.24) is 20.4 Å². The molecule has 2 heterocycles. The first kappa shape index (κ1) is 37.7. The maximum atomic E-state index is 14.4. The Balaban J connectivity index is 1.94. The van der Waals surface area contributed by atoms with Crippen LogP contribution in [0.2, 0.25) is 0 Å². The molecule has 1 aromatic rings. The number of nitrogens with zero attached hydrogens (tertiary/aromatic N) is 2. The van der Waals surface area contributed by atoms with Crippen LogP contribution in [-0.4, -0.2) is 105 Å². The number of halogens is 2. The van der Waals surface area contributed by atoms with Gasteiger partial charge >= 0.3 is 6.09 Å². The van der Waals surface area contributed by atoms with Gasteiger partial charge in [-0.05, 0) is 84.1 Å². The van der Waals surface area contributed by atoms with Crippen molar-refractivity contribution in [2.45, 2.75) is 102 Å². The van der Waals surface area contributed by atoms with E-state index in [2.05, 4.69) is 42.5 Å². The molecule has 2 aliphatic heterocycles. The van der Waals surface area contributed by atoms with Crippen LogP contribution >= 0.6 is 31.9 Å². The molecule has 5 amide bonds. The number of nitrogens with one attached hydrogen (secondary N) is 2. The van der Waals surface area contributed by atoms with Crippen molar-refractivity contribution in [3.8, 4) is 0 Å². The first-order chi connectivity index (χ1) is 21.4.